The molecule has 1 heterocycles. The molecule has 1 aliphatic rings. The number of hydrogen-bond acceptors (Lipinski definition) is 1. The molecule has 1 unspecified atom stereocenters. The van der Waals surface area contributed by atoms with Gasteiger partial charge in [-0.15, -0.1) is 11.6 Å². The Kier molecular flexibility index (Phi) is 4.13. The topological polar surface area (TPSA) is 3.24 Å². The first-order valence-electron chi connectivity index (χ1n) is 6.52. The molecule has 100 valence electrons. The van der Waals surface area contributed by atoms with E-state index in [1.807, 2.05) is 12.1 Å². The Morgan fingerprint density at radius 2 is 2.06 bits per heavy atom. The van der Waals surface area contributed by atoms with Crippen LogP contribution in [0.15, 0.2) is 18.2 Å². The van der Waals surface area contributed by atoms with Crippen LogP contribution in [0.3, 0.4) is 0 Å². The van der Waals surface area contributed by atoms with Crippen LogP contribution in [0.25, 0.3) is 0 Å². The number of halogens is 2. The van der Waals surface area contributed by atoms with Crippen LogP contribution in [0, 0.1) is 11.3 Å². The second kappa shape index (κ2) is 5.30. The molecule has 1 fully saturated rings. The minimum Gasteiger partial charge on any atom is -0.370 e. The van der Waals surface area contributed by atoms with Gasteiger partial charge in [-0.3, -0.25) is 0 Å². The van der Waals surface area contributed by atoms with Crippen molar-refractivity contribution in [3.05, 3.63) is 28.8 Å². The first-order chi connectivity index (χ1) is 8.43. The van der Waals surface area contributed by atoms with E-state index in [1.165, 1.54) is 6.42 Å². The fourth-order valence-corrected chi connectivity index (χ4v) is 3.22. The van der Waals surface area contributed by atoms with Crippen LogP contribution < -0.4 is 4.90 Å². The zero-order chi connectivity index (χ0) is 13.3. The maximum absolute atomic E-state index is 6.35. The van der Waals surface area contributed by atoms with Crippen molar-refractivity contribution in [1.82, 2.24) is 0 Å². The molecule has 1 saturated heterocycles. The van der Waals surface area contributed by atoms with Crippen LogP contribution in [-0.2, 0) is 5.88 Å². The Bertz CT molecular complexity index is 423. The number of hydrogen-bond donors (Lipinski definition) is 0. The average molecular weight is 286 g/mol. The van der Waals surface area contributed by atoms with Gasteiger partial charge < -0.3 is 4.90 Å². The molecule has 0 radical (unpaired) electrons. The molecule has 1 aromatic carbocycles. The summed E-state index contributed by atoms with van der Waals surface area (Å²) in [6.45, 7) is 9.11. The van der Waals surface area contributed by atoms with Gasteiger partial charge in [0.2, 0.25) is 0 Å². The van der Waals surface area contributed by atoms with Gasteiger partial charge in [0.1, 0.15) is 0 Å². The summed E-state index contributed by atoms with van der Waals surface area (Å²) < 4.78 is 0. The maximum Gasteiger partial charge on any atom is 0.0642 e. The van der Waals surface area contributed by atoms with E-state index in [-0.39, 0.29) is 0 Å². The van der Waals surface area contributed by atoms with Crippen LogP contribution in [0.5, 0.6) is 0 Å². The molecule has 0 N–H and O–H groups in total. The quantitative estimate of drug-likeness (QED) is 0.695. The van der Waals surface area contributed by atoms with Crippen molar-refractivity contribution < 1.29 is 0 Å². The van der Waals surface area contributed by atoms with E-state index in [0.717, 1.165) is 35.3 Å². The molecular formula is C15H21Cl2N. The van der Waals surface area contributed by atoms with Crippen molar-refractivity contribution in [2.75, 3.05) is 18.0 Å². The summed E-state index contributed by atoms with van der Waals surface area (Å²) in [5, 5.41) is 0.822. The van der Waals surface area contributed by atoms with Crippen LogP contribution in [0.1, 0.15) is 32.8 Å². The predicted molar refractivity (Wildman–Crippen MR) is 80.8 cm³/mol. The second-order valence-electron chi connectivity index (χ2n) is 6.18. The highest BCUT2D eigenvalue weighted by Gasteiger charge is 2.33. The van der Waals surface area contributed by atoms with Gasteiger partial charge in [-0.05, 0) is 29.4 Å². The minimum absolute atomic E-state index is 0.358. The predicted octanol–water partition coefficient (Wildman–Crippen LogP) is 4.95. The van der Waals surface area contributed by atoms with Crippen molar-refractivity contribution >= 4 is 28.9 Å². The summed E-state index contributed by atoms with van der Waals surface area (Å²) in [6.07, 6.45) is 1.23. The highest BCUT2D eigenvalue weighted by Crippen LogP contribution is 2.39. The van der Waals surface area contributed by atoms with Crippen molar-refractivity contribution in [2.24, 2.45) is 11.3 Å². The van der Waals surface area contributed by atoms with Gasteiger partial charge in [-0.1, -0.05) is 44.5 Å². The smallest absolute Gasteiger partial charge is 0.0642 e. The standard InChI is InChI=1S/C15H21Cl2N/c1-15(2,3)12-7-8-18(10-12)14-11(9-16)5-4-6-13(14)17/h4-6,12H,7-10H2,1-3H3. The molecule has 2 rings (SSSR count). The van der Waals surface area contributed by atoms with E-state index in [0.29, 0.717) is 11.3 Å². The van der Waals surface area contributed by atoms with Gasteiger partial charge in [-0.2, -0.15) is 0 Å². The third-order valence-corrected chi connectivity index (χ3v) is 4.54. The van der Waals surface area contributed by atoms with Gasteiger partial charge in [0.15, 0.2) is 0 Å². The largest absolute Gasteiger partial charge is 0.370 e. The zero-order valence-electron chi connectivity index (χ0n) is 11.3. The molecule has 1 nitrogen and oxygen atoms in total. The molecule has 0 amide bonds. The lowest BCUT2D eigenvalue weighted by Gasteiger charge is -2.28. The van der Waals surface area contributed by atoms with E-state index < -0.39 is 0 Å². The summed E-state index contributed by atoms with van der Waals surface area (Å²) >= 11 is 12.4. The van der Waals surface area contributed by atoms with Gasteiger partial charge in [-0.25, -0.2) is 0 Å². The number of rotatable bonds is 2. The molecule has 1 atom stereocenters. The normalized spacial score (nSPS) is 20.5. The Hall–Kier alpha value is -0.400. The lowest BCUT2D eigenvalue weighted by Crippen LogP contribution is -2.26. The molecule has 0 bridgehead atoms. The number of benzene rings is 1. The lowest BCUT2D eigenvalue weighted by molar-refractivity contribution is 0.263. The highest BCUT2D eigenvalue weighted by molar-refractivity contribution is 6.33. The van der Waals surface area contributed by atoms with Crippen molar-refractivity contribution in [3.63, 3.8) is 0 Å². The van der Waals surface area contributed by atoms with Crippen LogP contribution >= 0.6 is 23.2 Å². The summed E-state index contributed by atoms with van der Waals surface area (Å²) in [5.74, 6) is 1.24. The Morgan fingerprint density at radius 1 is 1.33 bits per heavy atom. The van der Waals surface area contributed by atoms with Crippen molar-refractivity contribution in [3.8, 4) is 0 Å². The van der Waals surface area contributed by atoms with Crippen LogP contribution in [0.4, 0.5) is 5.69 Å². The van der Waals surface area contributed by atoms with Crippen LogP contribution in [-0.4, -0.2) is 13.1 Å². The summed E-state index contributed by atoms with van der Waals surface area (Å²) in [4.78, 5) is 2.40. The summed E-state index contributed by atoms with van der Waals surface area (Å²) in [6, 6.07) is 6.00. The van der Waals surface area contributed by atoms with Gasteiger partial charge >= 0.3 is 0 Å². The molecule has 0 aromatic heterocycles. The molecular weight excluding hydrogens is 265 g/mol. The van der Waals surface area contributed by atoms with E-state index in [2.05, 4.69) is 31.7 Å². The van der Waals surface area contributed by atoms with Gasteiger partial charge in [0, 0.05) is 19.0 Å². The van der Waals surface area contributed by atoms with Crippen molar-refractivity contribution in [1.29, 1.82) is 0 Å². The first-order valence-corrected chi connectivity index (χ1v) is 7.43. The van der Waals surface area contributed by atoms with E-state index in [9.17, 15) is 0 Å². The molecule has 0 saturated carbocycles. The fraction of sp³-hybridized carbons (Fsp3) is 0.600. The molecule has 0 aliphatic carbocycles. The molecule has 1 aromatic rings. The first kappa shape index (κ1) is 14.0. The molecule has 18 heavy (non-hydrogen) atoms. The van der Waals surface area contributed by atoms with E-state index in [1.54, 1.807) is 0 Å². The van der Waals surface area contributed by atoms with E-state index >= 15 is 0 Å². The Labute approximate surface area is 120 Å². The van der Waals surface area contributed by atoms with Crippen molar-refractivity contribution in [2.45, 2.75) is 33.1 Å². The summed E-state index contributed by atoms with van der Waals surface area (Å²) in [7, 11) is 0. The van der Waals surface area contributed by atoms with E-state index in [4.69, 9.17) is 23.2 Å². The third kappa shape index (κ3) is 2.78. The maximum atomic E-state index is 6.35. The zero-order valence-corrected chi connectivity index (χ0v) is 12.9. The van der Waals surface area contributed by atoms with Gasteiger partial charge in [0.25, 0.3) is 0 Å². The molecule has 1 aliphatic heterocycles. The monoisotopic (exact) mass is 285 g/mol. The second-order valence-corrected chi connectivity index (χ2v) is 6.85. The molecule has 0 spiro atoms. The summed E-state index contributed by atoms with van der Waals surface area (Å²) in [5.41, 5.74) is 2.64. The van der Waals surface area contributed by atoms with Gasteiger partial charge in [0.05, 0.1) is 10.7 Å². The number of anilines is 1. The fourth-order valence-electron chi connectivity index (χ4n) is 2.69. The number of para-hydroxylation sites is 1. The SMILES string of the molecule is CC(C)(C)C1CCN(c2c(Cl)cccc2CCl)C1. The number of alkyl halides is 1. The Balaban J connectivity index is 2.24. The molecule has 3 heteroatoms. The number of nitrogens with zero attached hydrogens (tertiary/aromatic N) is 1. The lowest BCUT2D eigenvalue weighted by atomic mass is 9.80. The highest BCUT2D eigenvalue weighted by atomic mass is 35.5. The third-order valence-electron chi connectivity index (χ3n) is 3.94. The average Bonchev–Trinajstić information content (AvgIpc) is 2.77. The van der Waals surface area contributed by atoms with Crippen LogP contribution in [0.2, 0.25) is 5.02 Å². The Morgan fingerprint density at radius 3 is 2.61 bits per heavy atom. The minimum atomic E-state index is 0.358.